The molecule has 7 nitrogen and oxygen atoms in total. The highest BCUT2D eigenvalue weighted by atomic mass is 16.7. The number of hydrogen-bond acceptors (Lipinski definition) is 6. The van der Waals surface area contributed by atoms with Crippen LogP contribution in [0.2, 0.25) is 0 Å². The summed E-state index contributed by atoms with van der Waals surface area (Å²) < 4.78 is 21.0. The Kier molecular flexibility index (Phi) is 6.74. The average molecular weight is 289 g/mol. The highest BCUT2D eigenvalue weighted by molar-refractivity contribution is 5.69. The van der Waals surface area contributed by atoms with Crippen LogP contribution in [0, 0.1) is 0 Å². The lowest BCUT2D eigenvalue weighted by molar-refractivity contribution is -0.242. The van der Waals surface area contributed by atoms with Gasteiger partial charge in [0.05, 0.1) is 6.10 Å². The topological polar surface area (TPSA) is 97.1 Å². The predicted molar refractivity (Wildman–Crippen MR) is 69.8 cm³/mol. The van der Waals surface area contributed by atoms with E-state index in [-0.39, 0.29) is 5.97 Å². The smallest absolute Gasteiger partial charge is 0.404 e. The number of nitrogens with two attached hydrogens (primary N) is 1. The zero-order chi connectivity index (χ0) is 15.1. The van der Waals surface area contributed by atoms with Crippen molar-refractivity contribution in [1.29, 1.82) is 0 Å². The molecule has 0 aromatic heterocycles. The van der Waals surface area contributed by atoms with E-state index in [1.807, 2.05) is 6.92 Å². The van der Waals surface area contributed by atoms with Crippen LogP contribution in [0.1, 0.15) is 39.5 Å². The Hall–Kier alpha value is -1.34. The van der Waals surface area contributed by atoms with Gasteiger partial charge in [-0.1, -0.05) is 13.3 Å². The van der Waals surface area contributed by atoms with Gasteiger partial charge in [-0.05, 0) is 13.3 Å². The number of amides is 1. The first-order chi connectivity index (χ1) is 9.47. The molecule has 0 bridgehead atoms. The number of unbranched alkanes of at least 4 members (excludes halogenated alkanes) is 1. The largest absolute Gasteiger partial charge is 0.458 e. The highest BCUT2D eigenvalue weighted by Crippen LogP contribution is 2.26. The minimum Gasteiger partial charge on any atom is -0.458 e. The van der Waals surface area contributed by atoms with Crippen LogP contribution in [0.25, 0.3) is 0 Å². The van der Waals surface area contributed by atoms with Gasteiger partial charge < -0.3 is 24.7 Å². The summed E-state index contributed by atoms with van der Waals surface area (Å²) in [5.41, 5.74) is 5.04. The minimum atomic E-state index is -0.920. The monoisotopic (exact) mass is 289 g/mol. The molecule has 1 saturated heterocycles. The van der Waals surface area contributed by atoms with Gasteiger partial charge in [0.15, 0.2) is 12.4 Å². The van der Waals surface area contributed by atoms with Gasteiger partial charge in [-0.25, -0.2) is 4.79 Å². The third kappa shape index (κ3) is 4.97. The SMILES string of the molecule is CCCCC(=O)O[C@H]1C[C@@H](OC)O[C@@H](C)[C@@H]1OC(N)=O. The first-order valence-corrected chi connectivity index (χ1v) is 6.81. The summed E-state index contributed by atoms with van der Waals surface area (Å²) in [4.78, 5) is 22.7. The fraction of sp³-hybridized carbons (Fsp3) is 0.846. The molecule has 4 atom stereocenters. The van der Waals surface area contributed by atoms with Crippen molar-refractivity contribution in [3.8, 4) is 0 Å². The molecule has 0 aromatic rings. The Bertz CT molecular complexity index is 335. The van der Waals surface area contributed by atoms with Crippen molar-refractivity contribution in [1.82, 2.24) is 0 Å². The molecule has 1 fully saturated rings. The van der Waals surface area contributed by atoms with Crippen LogP contribution in [0.5, 0.6) is 0 Å². The summed E-state index contributed by atoms with van der Waals surface area (Å²) in [5, 5.41) is 0. The Morgan fingerprint density at radius 3 is 2.60 bits per heavy atom. The Labute approximate surface area is 118 Å². The third-order valence-electron chi connectivity index (χ3n) is 3.15. The fourth-order valence-electron chi connectivity index (χ4n) is 2.12. The first-order valence-electron chi connectivity index (χ1n) is 6.81. The normalized spacial score (nSPS) is 29.8. The second-order valence-corrected chi connectivity index (χ2v) is 4.78. The van der Waals surface area contributed by atoms with Gasteiger partial charge >= 0.3 is 12.1 Å². The van der Waals surface area contributed by atoms with Crippen molar-refractivity contribution < 1.29 is 28.5 Å². The molecule has 1 aliphatic heterocycles. The molecule has 1 heterocycles. The highest BCUT2D eigenvalue weighted by Gasteiger charge is 2.41. The summed E-state index contributed by atoms with van der Waals surface area (Å²) in [5.74, 6) is -0.320. The van der Waals surface area contributed by atoms with Crippen molar-refractivity contribution in [3.05, 3.63) is 0 Å². The maximum atomic E-state index is 11.7. The van der Waals surface area contributed by atoms with E-state index in [4.69, 9.17) is 24.7 Å². The molecular formula is C13H23NO6. The van der Waals surface area contributed by atoms with E-state index in [2.05, 4.69) is 0 Å². The third-order valence-corrected chi connectivity index (χ3v) is 3.15. The van der Waals surface area contributed by atoms with Crippen LogP contribution in [0.15, 0.2) is 0 Å². The lowest BCUT2D eigenvalue weighted by Gasteiger charge is -2.38. The second kappa shape index (κ2) is 8.06. The Morgan fingerprint density at radius 2 is 2.05 bits per heavy atom. The molecule has 0 aromatic carbocycles. The summed E-state index contributed by atoms with van der Waals surface area (Å²) in [6.07, 6.45) is -0.916. The predicted octanol–water partition coefficient (Wildman–Crippen LogP) is 1.33. The fourth-order valence-corrected chi connectivity index (χ4v) is 2.12. The number of esters is 1. The molecule has 0 aliphatic carbocycles. The molecule has 1 aliphatic rings. The quantitative estimate of drug-likeness (QED) is 0.741. The van der Waals surface area contributed by atoms with E-state index in [1.165, 1.54) is 7.11 Å². The second-order valence-electron chi connectivity index (χ2n) is 4.78. The van der Waals surface area contributed by atoms with Crippen LogP contribution in [-0.4, -0.2) is 43.8 Å². The molecular weight excluding hydrogens is 266 g/mol. The molecule has 7 heteroatoms. The van der Waals surface area contributed by atoms with Gasteiger partial charge in [0.1, 0.15) is 6.10 Å². The molecule has 1 rings (SSSR count). The number of carbonyl (C=O) groups is 2. The van der Waals surface area contributed by atoms with Crippen LogP contribution < -0.4 is 5.73 Å². The van der Waals surface area contributed by atoms with E-state index in [0.29, 0.717) is 12.8 Å². The lowest BCUT2D eigenvalue weighted by Crippen LogP contribution is -2.51. The molecule has 1 amide bonds. The van der Waals surface area contributed by atoms with Gasteiger partial charge in [0.2, 0.25) is 0 Å². The molecule has 0 spiro atoms. The van der Waals surface area contributed by atoms with Crippen molar-refractivity contribution in [3.63, 3.8) is 0 Å². The summed E-state index contributed by atoms with van der Waals surface area (Å²) in [6.45, 7) is 3.70. The van der Waals surface area contributed by atoms with Crippen LogP contribution in [-0.2, 0) is 23.7 Å². The van der Waals surface area contributed by atoms with E-state index in [1.54, 1.807) is 6.92 Å². The number of carbonyl (C=O) groups excluding carboxylic acids is 2. The van der Waals surface area contributed by atoms with E-state index in [0.717, 1.165) is 12.8 Å². The van der Waals surface area contributed by atoms with E-state index >= 15 is 0 Å². The summed E-state index contributed by atoms with van der Waals surface area (Å²) in [7, 11) is 1.50. The van der Waals surface area contributed by atoms with E-state index < -0.39 is 30.7 Å². The number of methoxy groups -OCH3 is 1. The molecule has 0 saturated carbocycles. The lowest BCUT2D eigenvalue weighted by atomic mass is 10.0. The van der Waals surface area contributed by atoms with Gasteiger partial charge in [-0.15, -0.1) is 0 Å². The molecule has 0 unspecified atom stereocenters. The van der Waals surface area contributed by atoms with Gasteiger partial charge in [-0.3, -0.25) is 4.79 Å². The van der Waals surface area contributed by atoms with Gasteiger partial charge in [-0.2, -0.15) is 0 Å². The van der Waals surface area contributed by atoms with Crippen LogP contribution in [0.3, 0.4) is 0 Å². The maximum Gasteiger partial charge on any atom is 0.404 e. The number of ether oxygens (including phenoxy) is 4. The zero-order valence-corrected chi connectivity index (χ0v) is 12.2. The zero-order valence-electron chi connectivity index (χ0n) is 12.2. The van der Waals surface area contributed by atoms with Gasteiger partial charge in [0, 0.05) is 20.0 Å². The molecule has 116 valence electrons. The standard InChI is InChI=1S/C13H23NO6/c1-4-5-6-10(15)19-9-7-11(17-3)18-8(2)12(9)20-13(14)16/h8-9,11-12H,4-7H2,1-3H3,(H2,14,16)/t8-,9-,11-,12-/m0/s1. The average Bonchev–Trinajstić information content (AvgIpc) is 2.39. The molecule has 0 radical (unpaired) electrons. The van der Waals surface area contributed by atoms with Crippen LogP contribution >= 0.6 is 0 Å². The van der Waals surface area contributed by atoms with E-state index in [9.17, 15) is 9.59 Å². The summed E-state index contributed by atoms with van der Waals surface area (Å²) in [6, 6.07) is 0. The first kappa shape index (κ1) is 16.7. The van der Waals surface area contributed by atoms with Crippen molar-refractivity contribution >= 4 is 12.1 Å². The number of hydrogen-bond donors (Lipinski definition) is 1. The number of primary amides is 1. The van der Waals surface area contributed by atoms with Crippen molar-refractivity contribution in [2.45, 2.75) is 64.1 Å². The Balaban J connectivity index is 2.67. The number of rotatable bonds is 6. The molecule has 20 heavy (non-hydrogen) atoms. The van der Waals surface area contributed by atoms with Crippen molar-refractivity contribution in [2.24, 2.45) is 5.73 Å². The molecule has 2 N–H and O–H groups in total. The van der Waals surface area contributed by atoms with Gasteiger partial charge in [0.25, 0.3) is 0 Å². The van der Waals surface area contributed by atoms with Crippen LogP contribution in [0.4, 0.5) is 4.79 Å². The minimum absolute atomic E-state index is 0.302. The summed E-state index contributed by atoms with van der Waals surface area (Å²) >= 11 is 0. The van der Waals surface area contributed by atoms with Crippen molar-refractivity contribution in [2.75, 3.05) is 7.11 Å². The Morgan fingerprint density at radius 1 is 1.35 bits per heavy atom. The maximum absolute atomic E-state index is 11.7.